The highest BCUT2D eigenvalue weighted by atomic mass is 19.4. The molecule has 2 N–H and O–H groups in total. The van der Waals surface area contributed by atoms with Gasteiger partial charge in [-0.3, -0.25) is 4.79 Å². The SMILES string of the molecule is CN(C)c1ccc(NC(=O)c2cc3n(n2)C(C(F)(F)F)CC(c2ccco2)N3)cc1. The molecule has 158 valence electrons. The first kappa shape index (κ1) is 19.9. The predicted molar refractivity (Wildman–Crippen MR) is 106 cm³/mol. The van der Waals surface area contributed by atoms with Gasteiger partial charge in [0, 0.05) is 38.0 Å². The summed E-state index contributed by atoms with van der Waals surface area (Å²) in [7, 11) is 3.78. The first-order valence-corrected chi connectivity index (χ1v) is 9.27. The molecule has 0 aliphatic carbocycles. The van der Waals surface area contributed by atoms with Crippen LogP contribution in [0.4, 0.5) is 30.4 Å². The smallest absolute Gasteiger partial charge is 0.410 e. The van der Waals surface area contributed by atoms with Crippen LogP contribution >= 0.6 is 0 Å². The number of hydrogen-bond acceptors (Lipinski definition) is 5. The van der Waals surface area contributed by atoms with Crippen LogP contribution in [-0.2, 0) is 0 Å². The van der Waals surface area contributed by atoms with Crippen LogP contribution in [-0.4, -0.2) is 36.0 Å². The lowest BCUT2D eigenvalue weighted by Gasteiger charge is -2.32. The number of nitrogens with zero attached hydrogens (tertiary/aromatic N) is 3. The van der Waals surface area contributed by atoms with E-state index in [0.717, 1.165) is 10.4 Å². The van der Waals surface area contributed by atoms with Gasteiger partial charge in [0.05, 0.1) is 12.3 Å². The molecule has 0 radical (unpaired) electrons. The van der Waals surface area contributed by atoms with Crippen LogP contribution < -0.4 is 15.5 Å². The molecule has 2 atom stereocenters. The zero-order chi connectivity index (χ0) is 21.5. The minimum absolute atomic E-state index is 0.108. The van der Waals surface area contributed by atoms with Crippen molar-refractivity contribution in [1.82, 2.24) is 9.78 Å². The fourth-order valence-electron chi connectivity index (χ4n) is 3.40. The highest BCUT2D eigenvalue weighted by molar-refractivity contribution is 6.03. The monoisotopic (exact) mass is 419 g/mol. The molecule has 30 heavy (non-hydrogen) atoms. The standard InChI is InChI=1S/C20H20F3N5O2/c1-27(2)13-7-5-12(6-8-13)24-19(29)15-11-18-25-14(16-4-3-9-30-16)10-17(20(21,22)23)28(18)26-15/h3-9,11,14,17,25H,10H2,1-2H3,(H,24,29). The molecule has 3 aromatic rings. The molecule has 0 saturated heterocycles. The van der Waals surface area contributed by atoms with E-state index in [0.29, 0.717) is 11.4 Å². The second-order valence-electron chi connectivity index (χ2n) is 7.26. The number of amides is 1. The number of aromatic nitrogens is 2. The summed E-state index contributed by atoms with van der Waals surface area (Å²) < 4.78 is 47.1. The van der Waals surface area contributed by atoms with Gasteiger partial charge in [-0.2, -0.15) is 18.3 Å². The Hall–Kier alpha value is -3.43. The van der Waals surface area contributed by atoms with Crippen molar-refractivity contribution in [2.24, 2.45) is 0 Å². The van der Waals surface area contributed by atoms with Crippen molar-refractivity contribution >= 4 is 23.1 Å². The van der Waals surface area contributed by atoms with E-state index in [1.165, 1.54) is 12.3 Å². The lowest BCUT2D eigenvalue weighted by molar-refractivity contribution is -0.174. The molecule has 3 heterocycles. The minimum Gasteiger partial charge on any atom is -0.467 e. The molecule has 0 bridgehead atoms. The Labute approximate surface area is 170 Å². The van der Waals surface area contributed by atoms with Gasteiger partial charge in [-0.25, -0.2) is 4.68 Å². The third kappa shape index (κ3) is 3.85. The van der Waals surface area contributed by atoms with Crippen molar-refractivity contribution in [2.75, 3.05) is 29.6 Å². The van der Waals surface area contributed by atoms with Crippen LogP contribution in [0.25, 0.3) is 0 Å². The molecule has 0 saturated carbocycles. The van der Waals surface area contributed by atoms with Crippen LogP contribution in [0, 0.1) is 0 Å². The van der Waals surface area contributed by atoms with Crippen molar-refractivity contribution in [1.29, 1.82) is 0 Å². The van der Waals surface area contributed by atoms with Gasteiger partial charge < -0.3 is 20.0 Å². The molecule has 2 unspecified atom stereocenters. The van der Waals surface area contributed by atoms with Crippen molar-refractivity contribution < 1.29 is 22.4 Å². The highest BCUT2D eigenvalue weighted by Crippen LogP contribution is 2.43. The molecule has 0 fully saturated rings. The molecule has 2 aromatic heterocycles. The Morgan fingerprint density at radius 3 is 2.60 bits per heavy atom. The fourth-order valence-corrected chi connectivity index (χ4v) is 3.40. The van der Waals surface area contributed by atoms with Crippen molar-refractivity contribution in [3.8, 4) is 0 Å². The molecule has 4 rings (SSSR count). The average molecular weight is 419 g/mol. The van der Waals surface area contributed by atoms with Gasteiger partial charge in [0.1, 0.15) is 11.6 Å². The highest BCUT2D eigenvalue weighted by Gasteiger charge is 2.47. The third-order valence-corrected chi connectivity index (χ3v) is 4.95. The van der Waals surface area contributed by atoms with Gasteiger partial charge in [-0.05, 0) is 36.4 Å². The summed E-state index contributed by atoms with van der Waals surface area (Å²) in [5.74, 6) is -0.0893. The zero-order valence-electron chi connectivity index (χ0n) is 16.3. The predicted octanol–water partition coefficient (Wildman–Crippen LogP) is 4.45. The second-order valence-corrected chi connectivity index (χ2v) is 7.26. The normalized spacial score (nSPS) is 18.4. The van der Waals surface area contributed by atoms with Crippen LogP contribution in [0.15, 0.2) is 53.1 Å². The average Bonchev–Trinajstić information content (AvgIpc) is 3.36. The number of furan rings is 1. The van der Waals surface area contributed by atoms with E-state index in [1.54, 1.807) is 24.3 Å². The van der Waals surface area contributed by atoms with E-state index in [2.05, 4.69) is 15.7 Å². The van der Waals surface area contributed by atoms with E-state index in [9.17, 15) is 18.0 Å². The van der Waals surface area contributed by atoms with Crippen molar-refractivity contribution in [2.45, 2.75) is 24.7 Å². The Bertz CT molecular complexity index is 1030. The van der Waals surface area contributed by atoms with Crippen molar-refractivity contribution in [3.05, 3.63) is 60.2 Å². The number of rotatable bonds is 4. The summed E-state index contributed by atoms with van der Waals surface area (Å²) in [6, 6.07) is 9.08. The number of carbonyl (C=O) groups is 1. The quantitative estimate of drug-likeness (QED) is 0.653. The van der Waals surface area contributed by atoms with Crippen LogP contribution in [0.1, 0.15) is 34.8 Å². The zero-order valence-corrected chi connectivity index (χ0v) is 16.3. The van der Waals surface area contributed by atoms with Gasteiger partial charge in [-0.1, -0.05) is 0 Å². The number of carbonyl (C=O) groups excluding carboxylic acids is 1. The van der Waals surface area contributed by atoms with E-state index in [1.807, 2.05) is 31.1 Å². The third-order valence-electron chi connectivity index (χ3n) is 4.95. The summed E-state index contributed by atoms with van der Waals surface area (Å²) >= 11 is 0. The Morgan fingerprint density at radius 1 is 1.27 bits per heavy atom. The molecular formula is C20H20F3N5O2. The van der Waals surface area contributed by atoms with Crippen LogP contribution in [0.3, 0.4) is 0 Å². The summed E-state index contributed by atoms with van der Waals surface area (Å²) in [6.45, 7) is 0. The fraction of sp³-hybridized carbons (Fsp3) is 0.300. The molecular weight excluding hydrogens is 399 g/mol. The summed E-state index contributed by atoms with van der Waals surface area (Å²) in [5, 5.41) is 9.59. The maximum Gasteiger partial charge on any atom is 0.410 e. The molecule has 7 nitrogen and oxygen atoms in total. The van der Waals surface area contributed by atoms with Gasteiger partial charge in [0.25, 0.3) is 5.91 Å². The summed E-state index contributed by atoms with van der Waals surface area (Å²) in [6.07, 6.45) is -3.41. The largest absolute Gasteiger partial charge is 0.467 e. The number of hydrogen-bond donors (Lipinski definition) is 2. The van der Waals surface area contributed by atoms with Gasteiger partial charge in [0.2, 0.25) is 0 Å². The second kappa shape index (κ2) is 7.43. The van der Waals surface area contributed by atoms with E-state index in [-0.39, 0.29) is 17.9 Å². The van der Waals surface area contributed by atoms with Crippen molar-refractivity contribution in [3.63, 3.8) is 0 Å². The van der Waals surface area contributed by atoms with Crippen LogP contribution in [0.2, 0.25) is 0 Å². The molecule has 10 heteroatoms. The van der Waals surface area contributed by atoms with Gasteiger partial charge in [0.15, 0.2) is 11.7 Å². The van der Waals surface area contributed by atoms with Gasteiger partial charge in [-0.15, -0.1) is 0 Å². The molecule has 1 amide bonds. The Morgan fingerprint density at radius 2 is 2.00 bits per heavy atom. The summed E-state index contributed by atoms with van der Waals surface area (Å²) in [4.78, 5) is 14.5. The molecule has 1 aromatic carbocycles. The summed E-state index contributed by atoms with van der Waals surface area (Å²) in [5.41, 5.74) is 1.36. The number of halogens is 3. The van der Waals surface area contributed by atoms with Gasteiger partial charge >= 0.3 is 6.18 Å². The minimum atomic E-state index is -4.52. The number of anilines is 3. The first-order chi connectivity index (χ1) is 14.2. The topological polar surface area (TPSA) is 75.3 Å². The maximum absolute atomic E-state index is 13.7. The Balaban J connectivity index is 1.59. The van der Waals surface area contributed by atoms with E-state index in [4.69, 9.17) is 4.42 Å². The number of alkyl halides is 3. The Kier molecular flexibility index (Phi) is 4.92. The first-order valence-electron chi connectivity index (χ1n) is 9.27. The van der Waals surface area contributed by atoms with E-state index >= 15 is 0 Å². The molecule has 0 spiro atoms. The van der Waals surface area contributed by atoms with Crippen LogP contribution in [0.5, 0.6) is 0 Å². The number of nitrogens with one attached hydrogen (secondary N) is 2. The number of benzene rings is 1. The number of fused-ring (bicyclic) bond motifs is 1. The van der Waals surface area contributed by atoms with E-state index < -0.39 is 24.2 Å². The lowest BCUT2D eigenvalue weighted by atomic mass is 10.0. The molecule has 1 aliphatic rings. The lowest BCUT2D eigenvalue weighted by Crippen LogP contribution is -2.35. The maximum atomic E-state index is 13.7. The molecule has 1 aliphatic heterocycles.